The van der Waals surface area contributed by atoms with Crippen molar-refractivity contribution in [3.05, 3.63) is 29.3 Å². The van der Waals surface area contributed by atoms with Gasteiger partial charge in [-0.3, -0.25) is 4.98 Å². The Morgan fingerprint density at radius 1 is 1.42 bits per heavy atom. The van der Waals surface area contributed by atoms with Gasteiger partial charge in [0.15, 0.2) is 0 Å². The van der Waals surface area contributed by atoms with Crippen molar-refractivity contribution in [2.24, 2.45) is 5.16 Å². The minimum absolute atomic E-state index is 0.227. The van der Waals surface area contributed by atoms with Gasteiger partial charge in [0.05, 0.1) is 20.0 Å². The zero-order valence-corrected chi connectivity index (χ0v) is 13.6. The Kier molecular flexibility index (Phi) is 4.50. The average molecular weight is 282 g/mol. The second kappa shape index (κ2) is 5.41. The molecule has 1 rings (SSSR count). The standard InChI is InChI=1S/C14H23FN2OSi/c1-10(17-18)12-7-11(15)8-16-13(12)9-19(5,6)14(2,3)4/h7-8,18H,9H2,1-6H3. The Bertz CT molecular complexity index is 493. The summed E-state index contributed by atoms with van der Waals surface area (Å²) in [5.41, 5.74) is 1.83. The highest BCUT2D eigenvalue weighted by Gasteiger charge is 2.36. The Morgan fingerprint density at radius 3 is 2.47 bits per heavy atom. The summed E-state index contributed by atoms with van der Waals surface area (Å²) in [6.45, 7) is 13.0. The molecule has 0 aliphatic heterocycles. The van der Waals surface area contributed by atoms with E-state index in [4.69, 9.17) is 5.21 Å². The molecule has 19 heavy (non-hydrogen) atoms. The van der Waals surface area contributed by atoms with Gasteiger partial charge in [-0.05, 0) is 24.1 Å². The molecule has 0 amide bonds. The zero-order chi connectivity index (χ0) is 14.8. The molecule has 0 unspecified atom stereocenters. The Balaban J connectivity index is 3.22. The van der Waals surface area contributed by atoms with Crippen molar-refractivity contribution in [2.75, 3.05) is 0 Å². The van der Waals surface area contributed by atoms with Crippen molar-refractivity contribution in [3.63, 3.8) is 0 Å². The third-order valence-corrected chi connectivity index (χ3v) is 9.40. The van der Waals surface area contributed by atoms with Crippen molar-refractivity contribution < 1.29 is 9.60 Å². The summed E-state index contributed by atoms with van der Waals surface area (Å²) in [7, 11) is -1.57. The van der Waals surface area contributed by atoms with Crippen molar-refractivity contribution >= 4 is 13.8 Å². The first kappa shape index (κ1) is 15.8. The van der Waals surface area contributed by atoms with E-state index in [1.165, 1.54) is 12.3 Å². The first-order chi connectivity index (χ1) is 8.58. The topological polar surface area (TPSA) is 45.5 Å². The van der Waals surface area contributed by atoms with Crippen molar-refractivity contribution in [3.8, 4) is 0 Å². The van der Waals surface area contributed by atoms with Gasteiger partial charge in [0, 0.05) is 11.3 Å². The summed E-state index contributed by atoms with van der Waals surface area (Å²) in [5.74, 6) is -0.406. The maximum atomic E-state index is 13.3. The highest BCUT2D eigenvalue weighted by molar-refractivity contribution is 6.79. The first-order valence-corrected chi connectivity index (χ1v) is 9.62. The second-order valence-corrected chi connectivity index (χ2v) is 12.3. The predicted molar refractivity (Wildman–Crippen MR) is 79.1 cm³/mol. The van der Waals surface area contributed by atoms with Crippen LogP contribution in [0.2, 0.25) is 18.1 Å². The lowest BCUT2D eigenvalue weighted by Crippen LogP contribution is -2.40. The summed E-state index contributed by atoms with van der Waals surface area (Å²) in [5, 5.41) is 12.3. The smallest absolute Gasteiger partial charge is 0.142 e. The fraction of sp³-hybridized carbons (Fsp3) is 0.571. The van der Waals surface area contributed by atoms with Gasteiger partial charge in [-0.2, -0.15) is 0 Å². The van der Waals surface area contributed by atoms with Crippen LogP contribution >= 0.6 is 0 Å². The number of rotatable bonds is 3. The lowest BCUT2D eigenvalue weighted by atomic mass is 10.1. The molecule has 0 atom stereocenters. The maximum absolute atomic E-state index is 13.3. The minimum atomic E-state index is -1.57. The molecule has 1 aromatic rings. The third-order valence-electron chi connectivity index (χ3n) is 4.12. The van der Waals surface area contributed by atoms with Crippen LogP contribution in [0.25, 0.3) is 0 Å². The number of hydrogen-bond donors (Lipinski definition) is 1. The van der Waals surface area contributed by atoms with Crippen LogP contribution in [-0.2, 0) is 6.04 Å². The van der Waals surface area contributed by atoms with E-state index in [2.05, 4.69) is 44.0 Å². The Hall–Kier alpha value is -1.23. The highest BCUT2D eigenvalue weighted by Crippen LogP contribution is 2.38. The van der Waals surface area contributed by atoms with Crippen molar-refractivity contribution in [1.82, 2.24) is 4.98 Å². The first-order valence-electron chi connectivity index (χ1n) is 6.42. The van der Waals surface area contributed by atoms with Crippen LogP contribution in [0.5, 0.6) is 0 Å². The van der Waals surface area contributed by atoms with Crippen LogP contribution in [0.3, 0.4) is 0 Å². The SMILES string of the molecule is CC(=NO)c1cc(F)cnc1C[Si](C)(C)C(C)(C)C. The molecular weight excluding hydrogens is 259 g/mol. The minimum Gasteiger partial charge on any atom is -0.411 e. The number of pyridine rings is 1. The lowest BCUT2D eigenvalue weighted by molar-refractivity contribution is 0.319. The molecule has 5 heteroatoms. The van der Waals surface area contributed by atoms with Gasteiger partial charge in [0.1, 0.15) is 5.82 Å². The van der Waals surface area contributed by atoms with Crippen molar-refractivity contribution in [2.45, 2.75) is 51.9 Å². The van der Waals surface area contributed by atoms with Gasteiger partial charge < -0.3 is 5.21 Å². The summed E-state index contributed by atoms with van der Waals surface area (Å²) >= 11 is 0. The van der Waals surface area contributed by atoms with Gasteiger partial charge in [0.2, 0.25) is 0 Å². The molecule has 3 nitrogen and oxygen atoms in total. The summed E-state index contributed by atoms with van der Waals surface area (Å²) in [6.07, 6.45) is 1.23. The molecule has 0 aliphatic carbocycles. The molecule has 1 heterocycles. The summed E-state index contributed by atoms with van der Waals surface area (Å²) in [6, 6.07) is 2.23. The van der Waals surface area contributed by atoms with E-state index in [0.717, 1.165) is 11.7 Å². The monoisotopic (exact) mass is 282 g/mol. The number of hydrogen-bond acceptors (Lipinski definition) is 3. The van der Waals surface area contributed by atoms with Crippen LogP contribution in [0.1, 0.15) is 39.0 Å². The fourth-order valence-electron chi connectivity index (χ4n) is 1.66. The summed E-state index contributed by atoms with van der Waals surface area (Å²) in [4.78, 5) is 4.21. The van der Waals surface area contributed by atoms with Crippen LogP contribution in [0.15, 0.2) is 17.4 Å². The molecule has 0 aliphatic rings. The molecule has 0 saturated carbocycles. The van der Waals surface area contributed by atoms with Crippen LogP contribution in [-0.4, -0.2) is 24.0 Å². The molecular formula is C14H23FN2OSi. The van der Waals surface area contributed by atoms with Gasteiger partial charge in [0.25, 0.3) is 0 Å². The molecule has 0 bridgehead atoms. The molecule has 0 aromatic carbocycles. The molecule has 1 aromatic heterocycles. The van der Waals surface area contributed by atoms with E-state index < -0.39 is 13.9 Å². The van der Waals surface area contributed by atoms with Gasteiger partial charge in [-0.1, -0.05) is 39.0 Å². The fourth-order valence-corrected chi connectivity index (χ4v) is 3.31. The number of nitrogens with zero attached hydrogens (tertiary/aromatic N) is 2. The molecule has 0 spiro atoms. The van der Waals surface area contributed by atoms with E-state index in [9.17, 15) is 4.39 Å². The van der Waals surface area contributed by atoms with E-state index in [1.807, 2.05) is 0 Å². The normalized spacial score (nSPS) is 13.7. The number of aromatic nitrogens is 1. The van der Waals surface area contributed by atoms with Crippen molar-refractivity contribution in [1.29, 1.82) is 0 Å². The summed E-state index contributed by atoms with van der Waals surface area (Å²) < 4.78 is 13.3. The maximum Gasteiger partial charge on any atom is 0.142 e. The van der Waals surface area contributed by atoms with E-state index in [-0.39, 0.29) is 5.04 Å². The molecule has 0 saturated heterocycles. The Labute approximate surface area is 115 Å². The number of oxime groups is 1. The molecule has 0 fully saturated rings. The van der Waals surface area contributed by atoms with E-state index in [0.29, 0.717) is 11.3 Å². The predicted octanol–water partition coefficient (Wildman–Crippen LogP) is 4.01. The lowest BCUT2D eigenvalue weighted by Gasteiger charge is -2.37. The van der Waals surface area contributed by atoms with Crippen LogP contribution in [0, 0.1) is 5.82 Å². The highest BCUT2D eigenvalue weighted by atomic mass is 28.3. The van der Waals surface area contributed by atoms with Crippen LogP contribution in [0.4, 0.5) is 4.39 Å². The van der Waals surface area contributed by atoms with Gasteiger partial charge in [-0.25, -0.2) is 4.39 Å². The zero-order valence-electron chi connectivity index (χ0n) is 12.6. The number of halogens is 1. The molecule has 0 radical (unpaired) electrons. The van der Waals surface area contributed by atoms with Gasteiger partial charge in [-0.15, -0.1) is 0 Å². The Morgan fingerprint density at radius 2 is 2.00 bits per heavy atom. The third kappa shape index (κ3) is 3.62. The van der Waals surface area contributed by atoms with E-state index >= 15 is 0 Å². The van der Waals surface area contributed by atoms with E-state index in [1.54, 1.807) is 6.92 Å². The molecule has 1 N–H and O–H groups in total. The second-order valence-electron chi connectivity index (χ2n) is 6.64. The quantitative estimate of drug-likeness (QED) is 0.394. The molecule has 106 valence electrons. The average Bonchev–Trinajstić information content (AvgIpc) is 2.28. The van der Waals surface area contributed by atoms with Gasteiger partial charge >= 0.3 is 0 Å². The van der Waals surface area contributed by atoms with Crippen LogP contribution < -0.4 is 0 Å². The largest absolute Gasteiger partial charge is 0.411 e.